The molecule has 0 saturated carbocycles. The first-order valence-corrected chi connectivity index (χ1v) is 12.8. The Balaban J connectivity index is 0.00000336. The molecule has 0 radical (unpaired) electrons. The van der Waals surface area contributed by atoms with Crippen LogP contribution in [0.1, 0.15) is 24.0 Å². The average Bonchev–Trinajstić information content (AvgIpc) is 3.29. The molecule has 0 spiro atoms. The predicted molar refractivity (Wildman–Crippen MR) is 152 cm³/mol. The molecule has 7 nitrogen and oxygen atoms in total. The number of amides is 1. The smallest absolute Gasteiger partial charge is 0.262 e. The average molecular weight is 536 g/mol. The summed E-state index contributed by atoms with van der Waals surface area (Å²) < 4.78 is 11.5. The molecule has 8 heteroatoms. The molecule has 3 aromatic carbocycles. The van der Waals surface area contributed by atoms with Crippen molar-refractivity contribution in [3.05, 3.63) is 90.1 Å². The summed E-state index contributed by atoms with van der Waals surface area (Å²) in [5.41, 5.74) is 4.31. The molecular weight excluding hydrogens is 502 g/mol. The molecule has 38 heavy (non-hydrogen) atoms. The fraction of sp³-hybridized carbons (Fsp3) is 0.300. The quantitative estimate of drug-likeness (QED) is 0.217. The van der Waals surface area contributed by atoms with Crippen LogP contribution in [0.5, 0.6) is 11.5 Å². The van der Waals surface area contributed by atoms with Crippen LogP contribution in [0.25, 0.3) is 10.9 Å². The number of hydrogen-bond donors (Lipinski definition) is 4. The molecule has 1 aromatic heterocycles. The monoisotopic (exact) mass is 535 g/mol. The maximum Gasteiger partial charge on any atom is 0.262 e. The van der Waals surface area contributed by atoms with E-state index in [2.05, 4.69) is 21.7 Å². The van der Waals surface area contributed by atoms with E-state index in [1.54, 1.807) is 0 Å². The molecule has 0 saturated heterocycles. The van der Waals surface area contributed by atoms with Gasteiger partial charge >= 0.3 is 0 Å². The molecule has 0 aliphatic heterocycles. The van der Waals surface area contributed by atoms with E-state index in [4.69, 9.17) is 9.47 Å². The zero-order chi connectivity index (χ0) is 25.5. The van der Waals surface area contributed by atoms with Gasteiger partial charge in [-0.15, -0.1) is 12.4 Å². The molecule has 4 aromatic rings. The number of benzene rings is 3. The highest BCUT2D eigenvalue weighted by Crippen LogP contribution is 2.25. The number of nitrogens with one attached hydrogen (secondary N) is 3. The van der Waals surface area contributed by atoms with Crippen molar-refractivity contribution in [2.45, 2.75) is 37.8 Å². The zero-order valence-electron chi connectivity index (χ0n) is 21.2. The molecule has 1 aliphatic carbocycles. The number of H-pyrrole nitrogens is 1. The molecule has 200 valence electrons. The van der Waals surface area contributed by atoms with Gasteiger partial charge in [-0.2, -0.15) is 0 Å². The largest absolute Gasteiger partial charge is 0.491 e. The minimum absolute atomic E-state index is 0. The first-order valence-electron chi connectivity index (χ1n) is 12.8. The molecule has 5 rings (SSSR count). The standard InChI is InChI=1S/C30H33N3O4.ClH/c34-26(19-36-27-7-2-1-3-8-27)18-32-24-6-4-5-21-9-11-28(17-23(21)16-24)37-20-30(35)33-25-10-12-29-22(15-25)13-14-31-29;/h1-3,7-15,17,24,26,31-32,34H,4-6,16,18-20H2,(H,33,35);1H/t24?,26-;/m0./s1. The molecule has 1 heterocycles. The van der Waals surface area contributed by atoms with Gasteiger partial charge in [-0.3, -0.25) is 4.79 Å². The number of hydrogen-bond acceptors (Lipinski definition) is 5. The highest BCUT2D eigenvalue weighted by atomic mass is 35.5. The fourth-order valence-corrected chi connectivity index (χ4v) is 4.75. The third-order valence-corrected chi connectivity index (χ3v) is 6.68. The first kappa shape index (κ1) is 27.5. The van der Waals surface area contributed by atoms with Gasteiger partial charge in [0.05, 0.1) is 0 Å². The number of halogens is 1. The Bertz CT molecular complexity index is 1330. The SMILES string of the molecule is Cl.O=C(COc1ccc2c(c1)CC(NC[C@H](O)COc1ccccc1)CCC2)Nc1ccc2[nH]ccc2c1. The lowest BCUT2D eigenvalue weighted by Crippen LogP contribution is -2.39. The van der Waals surface area contributed by atoms with E-state index in [0.29, 0.717) is 12.3 Å². The van der Waals surface area contributed by atoms with Crippen LogP contribution in [0.4, 0.5) is 5.69 Å². The lowest BCUT2D eigenvalue weighted by molar-refractivity contribution is -0.118. The molecule has 4 N–H and O–H groups in total. The Morgan fingerprint density at radius 2 is 1.87 bits per heavy atom. The van der Waals surface area contributed by atoms with Crippen LogP contribution in [0.2, 0.25) is 0 Å². The highest BCUT2D eigenvalue weighted by molar-refractivity contribution is 5.94. The number of carbonyl (C=O) groups excluding carboxylic acids is 1. The van der Waals surface area contributed by atoms with Crippen molar-refractivity contribution in [1.29, 1.82) is 0 Å². The van der Waals surface area contributed by atoms with Gasteiger partial charge in [-0.05, 0) is 85.3 Å². The number of aliphatic hydroxyl groups excluding tert-OH is 1. The van der Waals surface area contributed by atoms with E-state index in [1.165, 1.54) is 11.1 Å². The second-order valence-electron chi connectivity index (χ2n) is 9.53. The van der Waals surface area contributed by atoms with Gasteiger partial charge in [0.2, 0.25) is 0 Å². The molecule has 1 unspecified atom stereocenters. The van der Waals surface area contributed by atoms with Gasteiger partial charge in [0.1, 0.15) is 24.2 Å². The number of fused-ring (bicyclic) bond motifs is 2. The van der Waals surface area contributed by atoms with Crippen molar-refractivity contribution < 1.29 is 19.4 Å². The number of aryl methyl sites for hydroxylation is 1. The summed E-state index contributed by atoms with van der Waals surface area (Å²) in [5, 5.41) is 17.8. The van der Waals surface area contributed by atoms with E-state index in [9.17, 15) is 9.90 Å². The Kier molecular flexibility index (Phi) is 9.65. The number of ether oxygens (including phenoxy) is 2. The zero-order valence-corrected chi connectivity index (χ0v) is 22.0. The third-order valence-electron chi connectivity index (χ3n) is 6.68. The molecule has 1 amide bonds. The Morgan fingerprint density at radius 1 is 1.00 bits per heavy atom. The van der Waals surface area contributed by atoms with Crippen molar-refractivity contribution in [3.8, 4) is 11.5 Å². The maximum atomic E-state index is 12.5. The fourth-order valence-electron chi connectivity index (χ4n) is 4.75. The van der Waals surface area contributed by atoms with Crippen molar-refractivity contribution in [2.75, 3.05) is 25.1 Å². The summed E-state index contributed by atoms with van der Waals surface area (Å²) in [6.45, 7) is 0.663. The van der Waals surface area contributed by atoms with Gasteiger partial charge in [-0.1, -0.05) is 24.3 Å². The molecule has 0 bridgehead atoms. The van der Waals surface area contributed by atoms with E-state index in [0.717, 1.165) is 48.0 Å². The number of aromatic nitrogens is 1. The second-order valence-corrected chi connectivity index (χ2v) is 9.53. The van der Waals surface area contributed by atoms with E-state index < -0.39 is 6.10 Å². The summed E-state index contributed by atoms with van der Waals surface area (Å²) in [6, 6.07) is 23.6. The maximum absolute atomic E-state index is 12.5. The second kappa shape index (κ2) is 13.3. The topological polar surface area (TPSA) is 95.6 Å². The number of aliphatic hydroxyl groups is 1. The van der Waals surface area contributed by atoms with Gasteiger partial charge in [-0.25, -0.2) is 0 Å². The number of para-hydroxylation sites is 1. The van der Waals surface area contributed by atoms with Gasteiger partial charge < -0.3 is 30.2 Å². The number of carbonyl (C=O) groups is 1. The van der Waals surface area contributed by atoms with Crippen LogP contribution in [-0.4, -0.2) is 47.9 Å². The number of rotatable bonds is 10. The Morgan fingerprint density at radius 3 is 2.74 bits per heavy atom. The van der Waals surface area contributed by atoms with Gasteiger partial charge in [0.25, 0.3) is 5.91 Å². The van der Waals surface area contributed by atoms with Crippen LogP contribution in [-0.2, 0) is 17.6 Å². The minimum atomic E-state index is -0.589. The predicted octanol–water partition coefficient (Wildman–Crippen LogP) is 4.88. The summed E-state index contributed by atoms with van der Waals surface area (Å²) >= 11 is 0. The van der Waals surface area contributed by atoms with E-state index in [-0.39, 0.29) is 37.6 Å². The van der Waals surface area contributed by atoms with Crippen LogP contribution < -0.4 is 20.1 Å². The lowest BCUT2D eigenvalue weighted by Gasteiger charge is -2.20. The number of aromatic amines is 1. The Labute approximate surface area is 229 Å². The molecule has 2 atom stereocenters. The summed E-state index contributed by atoms with van der Waals surface area (Å²) in [6.07, 6.45) is 5.26. The van der Waals surface area contributed by atoms with Gasteiger partial charge in [0.15, 0.2) is 6.61 Å². The lowest BCUT2D eigenvalue weighted by atomic mass is 10.0. The van der Waals surface area contributed by atoms with Crippen LogP contribution in [0.3, 0.4) is 0 Å². The molecular formula is C30H34ClN3O4. The van der Waals surface area contributed by atoms with Crippen LogP contribution in [0.15, 0.2) is 79.0 Å². The van der Waals surface area contributed by atoms with Crippen LogP contribution >= 0.6 is 12.4 Å². The highest BCUT2D eigenvalue weighted by Gasteiger charge is 2.19. The minimum Gasteiger partial charge on any atom is -0.491 e. The number of anilines is 1. The molecule has 0 fully saturated rings. The van der Waals surface area contributed by atoms with E-state index in [1.807, 2.05) is 72.9 Å². The molecule has 1 aliphatic rings. The van der Waals surface area contributed by atoms with Gasteiger partial charge in [0, 0.05) is 35.4 Å². The normalized spacial score (nSPS) is 15.6. The van der Waals surface area contributed by atoms with Crippen molar-refractivity contribution in [3.63, 3.8) is 0 Å². The van der Waals surface area contributed by atoms with Crippen molar-refractivity contribution in [2.24, 2.45) is 0 Å². The summed E-state index contributed by atoms with van der Waals surface area (Å²) in [4.78, 5) is 15.6. The summed E-state index contributed by atoms with van der Waals surface area (Å²) in [5.74, 6) is 1.25. The van der Waals surface area contributed by atoms with E-state index >= 15 is 0 Å². The first-order chi connectivity index (χ1) is 18.1. The van der Waals surface area contributed by atoms with Crippen LogP contribution in [0, 0.1) is 0 Å². The van der Waals surface area contributed by atoms with Crippen molar-refractivity contribution in [1.82, 2.24) is 10.3 Å². The summed E-state index contributed by atoms with van der Waals surface area (Å²) in [7, 11) is 0. The Hall–Kier alpha value is -3.52. The van der Waals surface area contributed by atoms with Crippen molar-refractivity contribution >= 4 is 34.9 Å². The third kappa shape index (κ3) is 7.51.